The zero-order valence-electron chi connectivity index (χ0n) is 18.9. The molecule has 0 aromatic heterocycles. The highest BCUT2D eigenvalue weighted by atomic mass is 19.1. The minimum Gasteiger partial charge on any atom is -0.469 e. The Labute approximate surface area is 185 Å². The van der Waals surface area contributed by atoms with Gasteiger partial charge in [-0.2, -0.15) is 0 Å². The highest BCUT2D eigenvalue weighted by Gasteiger charge is 2.58. The van der Waals surface area contributed by atoms with E-state index >= 15 is 0 Å². The monoisotopic (exact) mass is 457 g/mol. The number of esters is 1. The Bertz CT molecular complexity index is 870. The molecular weight excluding hydrogens is 428 g/mol. The summed E-state index contributed by atoms with van der Waals surface area (Å²) in [6, 6.07) is 2.24. The number of halogens is 2. The largest absolute Gasteiger partial charge is 0.469 e. The summed E-state index contributed by atoms with van der Waals surface area (Å²) in [4.78, 5) is 24.5. The third kappa shape index (κ3) is 5.54. The number of hydrogen-bond donors (Lipinski definition) is 1. The van der Waals surface area contributed by atoms with Gasteiger partial charge >= 0.3 is 12.1 Å². The molecule has 5 atom stereocenters. The maximum atomic E-state index is 14.6. The van der Waals surface area contributed by atoms with Crippen LogP contribution in [0.25, 0.3) is 0 Å². The lowest BCUT2D eigenvalue weighted by Gasteiger charge is -2.30. The van der Waals surface area contributed by atoms with Crippen molar-refractivity contribution in [3.8, 4) is 0 Å². The van der Waals surface area contributed by atoms with Crippen LogP contribution in [0.3, 0.4) is 0 Å². The van der Waals surface area contributed by atoms with Crippen LogP contribution in [0.2, 0.25) is 0 Å². The van der Waals surface area contributed by atoms with Crippen LogP contribution in [0.15, 0.2) is 18.2 Å². The molecule has 10 heteroatoms. The first-order valence-electron chi connectivity index (χ1n) is 10.3. The predicted octanol–water partition coefficient (Wildman–Crippen LogP) is 3.38. The predicted molar refractivity (Wildman–Crippen MR) is 108 cm³/mol. The van der Waals surface area contributed by atoms with E-state index in [2.05, 4.69) is 5.32 Å². The van der Waals surface area contributed by atoms with Gasteiger partial charge in [0.15, 0.2) is 5.79 Å². The number of rotatable bonds is 5. The Balaban J connectivity index is 1.92. The van der Waals surface area contributed by atoms with Gasteiger partial charge in [-0.05, 0) is 40.7 Å². The summed E-state index contributed by atoms with van der Waals surface area (Å²) in [6.07, 6.45) is -4.36. The van der Waals surface area contributed by atoms with Crippen molar-refractivity contribution in [2.75, 3.05) is 7.11 Å². The number of ether oxygens (including phenoxy) is 5. The number of methoxy groups -OCH3 is 1. The fourth-order valence-corrected chi connectivity index (χ4v) is 3.91. The fraction of sp³-hybridized carbons (Fsp3) is 0.636. The summed E-state index contributed by atoms with van der Waals surface area (Å²) in [5.74, 6) is -3.14. The van der Waals surface area contributed by atoms with E-state index in [9.17, 15) is 18.4 Å². The number of hydrogen-bond acceptors (Lipinski definition) is 7. The van der Waals surface area contributed by atoms with E-state index in [4.69, 9.17) is 23.7 Å². The molecule has 1 aromatic rings. The molecule has 2 aliphatic rings. The highest BCUT2D eigenvalue weighted by Crippen LogP contribution is 2.46. The van der Waals surface area contributed by atoms with Crippen molar-refractivity contribution in [1.82, 2.24) is 5.32 Å². The topological polar surface area (TPSA) is 92.3 Å². The lowest BCUT2D eigenvalue weighted by atomic mass is 9.97. The fourth-order valence-electron chi connectivity index (χ4n) is 3.91. The van der Waals surface area contributed by atoms with Gasteiger partial charge in [0.05, 0.1) is 19.6 Å². The number of benzene rings is 1. The summed E-state index contributed by atoms with van der Waals surface area (Å²) in [6.45, 7) is 8.49. The molecule has 0 spiro atoms. The molecule has 32 heavy (non-hydrogen) atoms. The summed E-state index contributed by atoms with van der Waals surface area (Å²) in [7, 11) is 1.22. The molecule has 0 aliphatic carbocycles. The van der Waals surface area contributed by atoms with Crippen LogP contribution in [-0.4, -0.2) is 54.9 Å². The summed E-state index contributed by atoms with van der Waals surface area (Å²) in [5.41, 5.74) is -0.687. The second-order valence-electron chi connectivity index (χ2n) is 9.28. The first kappa shape index (κ1) is 24.3. The summed E-state index contributed by atoms with van der Waals surface area (Å²) >= 11 is 0. The molecule has 3 rings (SSSR count). The minimum atomic E-state index is -1.02. The molecule has 2 fully saturated rings. The van der Waals surface area contributed by atoms with Crippen LogP contribution >= 0.6 is 0 Å². The van der Waals surface area contributed by atoms with Crippen LogP contribution < -0.4 is 5.32 Å². The van der Waals surface area contributed by atoms with Crippen molar-refractivity contribution >= 4 is 12.1 Å². The Hall–Kier alpha value is -2.30. The molecule has 0 radical (unpaired) electrons. The molecule has 0 bridgehead atoms. The second-order valence-corrected chi connectivity index (χ2v) is 9.28. The molecule has 8 nitrogen and oxygen atoms in total. The summed E-state index contributed by atoms with van der Waals surface area (Å²) in [5, 5.41) is 2.64. The number of carbonyl (C=O) groups is 2. The maximum absolute atomic E-state index is 14.6. The van der Waals surface area contributed by atoms with Crippen molar-refractivity contribution in [3.63, 3.8) is 0 Å². The van der Waals surface area contributed by atoms with E-state index in [1.54, 1.807) is 34.6 Å². The third-order valence-electron chi connectivity index (χ3n) is 5.07. The third-order valence-corrected chi connectivity index (χ3v) is 5.07. The van der Waals surface area contributed by atoms with Crippen LogP contribution in [0.4, 0.5) is 13.6 Å². The van der Waals surface area contributed by atoms with Gasteiger partial charge < -0.3 is 29.0 Å². The molecule has 1 aromatic carbocycles. The normalized spacial score (nSPS) is 27.5. The van der Waals surface area contributed by atoms with E-state index in [1.165, 1.54) is 13.2 Å². The van der Waals surface area contributed by atoms with E-state index in [-0.39, 0.29) is 12.0 Å². The molecule has 2 heterocycles. The first-order chi connectivity index (χ1) is 14.8. The molecule has 1 N–H and O–H groups in total. The number of carbonyl (C=O) groups excluding carboxylic acids is 2. The van der Waals surface area contributed by atoms with E-state index in [0.29, 0.717) is 0 Å². The van der Waals surface area contributed by atoms with E-state index in [0.717, 1.165) is 12.1 Å². The van der Waals surface area contributed by atoms with Gasteiger partial charge in [-0.1, -0.05) is 6.07 Å². The number of amides is 1. The van der Waals surface area contributed by atoms with Crippen LogP contribution in [0, 0.1) is 11.6 Å². The Morgan fingerprint density at radius 1 is 1.19 bits per heavy atom. The van der Waals surface area contributed by atoms with Gasteiger partial charge in [0.25, 0.3) is 0 Å². The summed E-state index contributed by atoms with van der Waals surface area (Å²) < 4.78 is 56.1. The van der Waals surface area contributed by atoms with Gasteiger partial charge in [-0.15, -0.1) is 0 Å². The van der Waals surface area contributed by atoms with Gasteiger partial charge in [-0.25, -0.2) is 13.6 Å². The zero-order valence-corrected chi connectivity index (χ0v) is 18.9. The smallest absolute Gasteiger partial charge is 0.407 e. The molecular formula is C22H29F2NO7. The molecule has 0 saturated carbocycles. The van der Waals surface area contributed by atoms with Crippen LogP contribution in [-0.2, 0) is 28.5 Å². The molecule has 178 valence electrons. The van der Waals surface area contributed by atoms with Crippen molar-refractivity contribution in [2.45, 2.75) is 82.9 Å². The average Bonchev–Trinajstić information content (AvgIpc) is 3.12. The highest BCUT2D eigenvalue weighted by molar-refractivity contribution is 5.73. The van der Waals surface area contributed by atoms with E-state index in [1.807, 2.05) is 0 Å². The van der Waals surface area contributed by atoms with Gasteiger partial charge in [-0.3, -0.25) is 4.79 Å². The average molecular weight is 457 g/mol. The quantitative estimate of drug-likeness (QED) is 0.678. The SMILES string of the molecule is COC(=O)C[C@@H](NC(=O)OC(C)(C)C)[C@H]1O[C@@H](c2ccc(F)cc2F)[C@H]2OC(C)(C)O[C@@H]12. The van der Waals surface area contributed by atoms with Crippen LogP contribution in [0.1, 0.15) is 52.7 Å². The molecule has 0 unspecified atom stereocenters. The van der Waals surface area contributed by atoms with Gasteiger partial charge in [0.2, 0.25) is 0 Å². The van der Waals surface area contributed by atoms with Crippen molar-refractivity contribution < 1.29 is 42.1 Å². The lowest BCUT2D eigenvalue weighted by Crippen LogP contribution is -2.51. The minimum absolute atomic E-state index is 0.0827. The van der Waals surface area contributed by atoms with Gasteiger partial charge in [0, 0.05) is 11.6 Å². The van der Waals surface area contributed by atoms with Crippen molar-refractivity contribution in [1.29, 1.82) is 0 Å². The number of alkyl carbamates (subject to hydrolysis) is 1. The standard InChI is InChI=1S/C22H29F2NO7/c1-21(2,3)32-20(27)25-14(10-15(26)28-6)17-19-18(30-22(4,5)31-19)16(29-17)12-8-7-11(23)9-13(12)24/h7-9,14,16-19H,10H2,1-6H3,(H,25,27)/t14-,16+,17-,18-,19+/m1/s1. The molecule has 2 saturated heterocycles. The number of fused-ring (bicyclic) bond motifs is 1. The van der Waals surface area contributed by atoms with E-state index < -0.39 is 65.5 Å². The molecule has 1 amide bonds. The Morgan fingerprint density at radius 3 is 2.44 bits per heavy atom. The maximum Gasteiger partial charge on any atom is 0.407 e. The Kier molecular flexibility index (Phi) is 6.78. The second kappa shape index (κ2) is 8.92. The van der Waals surface area contributed by atoms with Crippen LogP contribution in [0.5, 0.6) is 0 Å². The lowest BCUT2D eigenvalue weighted by molar-refractivity contribution is -0.191. The number of nitrogens with one attached hydrogen (secondary N) is 1. The van der Waals surface area contributed by atoms with Crippen molar-refractivity contribution in [2.24, 2.45) is 0 Å². The van der Waals surface area contributed by atoms with Crippen molar-refractivity contribution in [3.05, 3.63) is 35.4 Å². The first-order valence-corrected chi connectivity index (χ1v) is 10.3. The zero-order chi connectivity index (χ0) is 23.8. The van der Waals surface area contributed by atoms with Gasteiger partial charge in [0.1, 0.15) is 41.7 Å². The Morgan fingerprint density at radius 2 is 1.84 bits per heavy atom. The molecule has 2 aliphatic heterocycles.